The van der Waals surface area contributed by atoms with Gasteiger partial charge < -0.3 is 4.90 Å². The molecule has 2 aromatic rings. The maximum absolute atomic E-state index is 12.9. The molecule has 0 aliphatic carbocycles. The van der Waals surface area contributed by atoms with Crippen LogP contribution in [0.4, 0.5) is 18.0 Å². The van der Waals surface area contributed by atoms with E-state index < -0.39 is 11.7 Å². The van der Waals surface area contributed by atoms with Gasteiger partial charge in [-0.2, -0.15) is 18.2 Å². The number of aryl methyl sites for hydroxylation is 1. The maximum atomic E-state index is 12.9. The molecule has 3 rings (SSSR count). The first-order chi connectivity index (χ1) is 11.3. The minimum absolute atomic E-state index is 0.335. The zero-order valence-corrected chi connectivity index (χ0v) is 13.8. The Balaban J connectivity index is 2.02. The number of hydrogen-bond donors (Lipinski definition) is 0. The highest BCUT2D eigenvalue weighted by molar-refractivity contribution is 7.09. The van der Waals surface area contributed by atoms with Gasteiger partial charge in [0.15, 0.2) is 4.80 Å². The predicted molar refractivity (Wildman–Crippen MR) is 85.2 cm³/mol. The lowest BCUT2D eigenvalue weighted by molar-refractivity contribution is -0.137. The summed E-state index contributed by atoms with van der Waals surface area (Å²) in [7, 11) is 0. The summed E-state index contributed by atoms with van der Waals surface area (Å²) in [5, 5.41) is 0. The third-order valence-corrected chi connectivity index (χ3v) is 4.69. The van der Waals surface area contributed by atoms with Gasteiger partial charge in [-0.1, -0.05) is 6.07 Å². The van der Waals surface area contributed by atoms with Crippen LogP contribution in [0.25, 0.3) is 5.69 Å². The Morgan fingerprint density at radius 3 is 2.62 bits per heavy atom. The molecule has 128 valence electrons. The Morgan fingerprint density at radius 2 is 1.96 bits per heavy atom. The van der Waals surface area contributed by atoms with Gasteiger partial charge in [-0.25, -0.2) is 4.79 Å². The van der Waals surface area contributed by atoms with Gasteiger partial charge in [0.2, 0.25) is 0 Å². The maximum Gasteiger partial charge on any atom is 0.416 e. The molecular formula is C16H16F3N3OS. The number of aromatic nitrogens is 1. The van der Waals surface area contributed by atoms with Crippen molar-refractivity contribution in [3.8, 4) is 5.69 Å². The molecule has 1 saturated heterocycles. The van der Waals surface area contributed by atoms with Crippen LogP contribution in [0, 0.1) is 6.92 Å². The highest BCUT2D eigenvalue weighted by Crippen LogP contribution is 2.30. The molecule has 1 aromatic heterocycles. The average molecular weight is 355 g/mol. The molecule has 0 bridgehead atoms. The van der Waals surface area contributed by atoms with Crippen molar-refractivity contribution < 1.29 is 18.0 Å². The van der Waals surface area contributed by atoms with E-state index in [1.54, 1.807) is 17.2 Å². The predicted octanol–water partition coefficient (Wildman–Crippen LogP) is 3.98. The Labute approximate surface area is 140 Å². The van der Waals surface area contributed by atoms with Crippen LogP contribution in [0.1, 0.15) is 23.3 Å². The van der Waals surface area contributed by atoms with Crippen LogP contribution >= 0.6 is 11.3 Å². The van der Waals surface area contributed by atoms with Gasteiger partial charge in [0, 0.05) is 29.9 Å². The van der Waals surface area contributed by atoms with Gasteiger partial charge in [-0.15, -0.1) is 11.3 Å². The highest BCUT2D eigenvalue weighted by atomic mass is 32.1. The van der Waals surface area contributed by atoms with Crippen LogP contribution in [0.15, 0.2) is 35.5 Å². The van der Waals surface area contributed by atoms with E-state index in [2.05, 4.69) is 4.99 Å². The summed E-state index contributed by atoms with van der Waals surface area (Å²) in [5.74, 6) is 0. The van der Waals surface area contributed by atoms with Crippen molar-refractivity contribution in [2.24, 2.45) is 4.99 Å². The van der Waals surface area contributed by atoms with E-state index >= 15 is 0 Å². The van der Waals surface area contributed by atoms with Gasteiger partial charge in [-0.05, 0) is 38.0 Å². The van der Waals surface area contributed by atoms with Crippen LogP contribution in [-0.2, 0) is 6.18 Å². The molecule has 24 heavy (non-hydrogen) atoms. The number of hydrogen-bond acceptors (Lipinski definition) is 2. The van der Waals surface area contributed by atoms with Gasteiger partial charge in [0.1, 0.15) is 0 Å². The summed E-state index contributed by atoms with van der Waals surface area (Å²) in [4.78, 5) is 19.2. The number of carbonyl (C=O) groups is 1. The summed E-state index contributed by atoms with van der Waals surface area (Å²) >= 11 is 1.28. The number of alkyl halides is 3. The summed E-state index contributed by atoms with van der Waals surface area (Å²) < 4.78 is 40.3. The highest BCUT2D eigenvalue weighted by Gasteiger charge is 2.30. The minimum atomic E-state index is -4.41. The molecule has 1 aliphatic rings. The number of likely N-dealkylation sites (tertiary alicyclic amines) is 1. The third-order valence-electron chi connectivity index (χ3n) is 3.79. The molecule has 1 aromatic carbocycles. The number of halogens is 3. The third kappa shape index (κ3) is 3.53. The Morgan fingerprint density at radius 1 is 1.25 bits per heavy atom. The molecule has 8 heteroatoms. The second-order valence-electron chi connectivity index (χ2n) is 5.63. The smallest absolute Gasteiger partial charge is 0.323 e. The number of carbonyl (C=O) groups excluding carboxylic acids is 1. The molecule has 4 nitrogen and oxygen atoms in total. The number of rotatable bonds is 1. The van der Waals surface area contributed by atoms with E-state index in [-0.39, 0.29) is 6.03 Å². The van der Waals surface area contributed by atoms with Crippen molar-refractivity contribution in [1.82, 2.24) is 9.47 Å². The van der Waals surface area contributed by atoms with Crippen LogP contribution in [-0.4, -0.2) is 28.6 Å². The quantitative estimate of drug-likeness (QED) is 0.762. The van der Waals surface area contributed by atoms with Crippen molar-refractivity contribution in [3.05, 3.63) is 45.7 Å². The molecule has 0 unspecified atom stereocenters. The monoisotopic (exact) mass is 355 g/mol. The molecule has 0 spiro atoms. The number of benzene rings is 1. The summed E-state index contributed by atoms with van der Waals surface area (Å²) in [6.45, 7) is 3.18. The number of thiazole rings is 1. The second-order valence-corrected chi connectivity index (χ2v) is 6.84. The van der Waals surface area contributed by atoms with Crippen molar-refractivity contribution in [2.45, 2.75) is 25.9 Å². The molecule has 0 saturated carbocycles. The number of nitrogens with zero attached hydrogens (tertiary/aromatic N) is 3. The minimum Gasteiger partial charge on any atom is -0.323 e. The zero-order valence-electron chi connectivity index (χ0n) is 13.0. The molecule has 2 amide bonds. The van der Waals surface area contributed by atoms with Crippen molar-refractivity contribution in [1.29, 1.82) is 0 Å². The molecule has 2 heterocycles. The fourth-order valence-corrected chi connectivity index (χ4v) is 3.44. The summed E-state index contributed by atoms with van der Waals surface area (Å²) in [6.07, 6.45) is -0.808. The Hall–Kier alpha value is -2.09. The van der Waals surface area contributed by atoms with Crippen LogP contribution in [0.3, 0.4) is 0 Å². The summed E-state index contributed by atoms with van der Waals surface area (Å²) in [5.41, 5.74) is -0.393. The lowest BCUT2D eigenvalue weighted by atomic mass is 10.2. The van der Waals surface area contributed by atoms with Crippen molar-refractivity contribution in [2.75, 3.05) is 13.1 Å². The van der Waals surface area contributed by atoms with E-state index in [4.69, 9.17) is 0 Å². The summed E-state index contributed by atoms with van der Waals surface area (Å²) in [6, 6.07) is 4.67. The largest absolute Gasteiger partial charge is 0.416 e. The van der Waals surface area contributed by atoms with Gasteiger partial charge in [0.25, 0.3) is 0 Å². The molecule has 0 radical (unpaired) electrons. The van der Waals surface area contributed by atoms with Gasteiger partial charge >= 0.3 is 12.2 Å². The zero-order chi connectivity index (χ0) is 17.3. The first-order valence-corrected chi connectivity index (χ1v) is 8.36. The topological polar surface area (TPSA) is 37.6 Å². The fourth-order valence-electron chi connectivity index (χ4n) is 2.61. The second kappa shape index (κ2) is 6.43. The molecule has 0 atom stereocenters. The first kappa shape index (κ1) is 16.8. The van der Waals surface area contributed by atoms with Crippen LogP contribution in [0.2, 0.25) is 0 Å². The standard InChI is InChI=1S/C16H16F3N3OS/c1-11-10-22(13-6-4-5-12(9-13)16(17,18)19)15(24-11)20-14(23)21-7-2-3-8-21/h4-6,9-10H,2-3,7-8H2,1H3/b20-15-. The van der Waals surface area contributed by atoms with Gasteiger partial charge in [0.05, 0.1) is 5.56 Å². The fraction of sp³-hybridized carbons (Fsp3) is 0.375. The molecular weight excluding hydrogens is 339 g/mol. The van der Waals surface area contributed by atoms with Crippen LogP contribution < -0.4 is 4.80 Å². The Kier molecular flexibility index (Phi) is 4.49. The van der Waals surface area contributed by atoms with E-state index in [0.717, 1.165) is 29.9 Å². The first-order valence-electron chi connectivity index (χ1n) is 7.55. The van der Waals surface area contributed by atoms with Crippen molar-refractivity contribution >= 4 is 17.4 Å². The van der Waals surface area contributed by atoms with Crippen LogP contribution in [0.5, 0.6) is 0 Å². The Bertz CT molecular complexity index is 816. The van der Waals surface area contributed by atoms with E-state index in [1.807, 2.05) is 6.92 Å². The van der Waals surface area contributed by atoms with Crippen molar-refractivity contribution in [3.63, 3.8) is 0 Å². The normalized spacial score (nSPS) is 16.0. The molecule has 1 aliphatic heterocycles. The van der Waals surface area contributed by atoms with E-state index in [1.165, 1.54) is 22.0 Å². The lowest BCUT2D eigenvalue weighted by Gasteiger charge is -2.11. The van der Waals surface area contributed by atoms with Gasteiger partial charge in [-0.3, -0.25) is 4.57 Å². The molecule has 1 fully saturated rings. The number of urea groups is 1. The SMILES string of the molecule is Cc1cn(-c2cccc(C(F)(F)F)c2)/c(=N/C(=O)N2CCCC2)s1. The van der Waals surface area contributed by atoms with E-state index in [0.29, 0.717) is 23.6 Å². The molecule has 0 N–H and O–H groups in total. The van der Waals surface area contributed by atoms with E-state index in [9.17, 15) is 18.0 Å². The average Bonchev–Trinajstić information content (AvgIpc) is 3.16. The lowest BCUT2D eigenvalue weighted by Crippen LogP contribution is -2.27. The number of amides is 2.